The number of nitrogens with zero attached hydrogens (tertiary/aromatic N) is 5. The fourth-order valence-electron chi connectivity index (χ4n) is 6.02. The summed E-state index contributed by atoms with van der Waals surface area (Å²) in [4.78, 5) is 43.1. The molecule has 0 bridgehead atoms. The number of ether oxygens (including phenoxy) is 1. The van der Waals surface area contributed by atoms with Gasteiger partial charge in [0.05, 0.1) is 24.4 Å². The first kappa shape index (κ1) is 31.5. The summed E-state index contributed by atoms with van der Waals surface area (Å²) in [6.07, 6.45) is 1.57. The number of amides is 1. The summed E-state index contributed by atoms with van der Waals surface area (Å²) in [6.45, 7) is 5.21. The minimum Gasteiger partial charge on any atom is -0.465 e. The molecule has 1 N–H and O–H groups in total. The largest absolute Gasteiger partial charge is 0.465 e. The molecular formula is C37H38N6O4. The Morgan fingerprint density at radius 1 is 0.787 bits per heavy atom. The lowest BCUT2D eigenvalue weighted by Gasteiger charge is -2.39. The van der Waals surface area contributed by atoms with E-state index in [0.717, 1.165) is 41.2 Å². The molecule has 1 aliphatic heterocycles. The molecule has 2 heterocycles. The predicted molar refractivity (Wildman–Crippen MR) is 181 cm³/mol. The third-order valence-corrected chi connectivity index (χ3v) is 8.72. The van der Waals surface area contributed by atoms with Crippen molar-refractivity contribution in [2.75, 3.05) is 38.2 Å². The Morgan fingerprint density at radius 2 is 1.38 bits per heavy atom. The van der Waals surface area contributed by atoms with Gasteiger partial charge in [-0.15, -0.1) is 0 Å². The van der Waals surface area contributed by atoms with Crippen LogP contribution in [0.15, 0.2) is 120 Å². The Morgan fingerprint density at radius 3 is 2.00 bits per heavy atom. The summed E-state index contributed by atoms with van der Waals surface area (Å²) in [5, 5.41) is 7.49. The number of carbonyl (C=O) groups is 2. The zero-order valence-electron chi connectivity index (χ0n) is 26.5. The zero-order valence-corrected chi connectivity index (χ0v) is 26.5. The van der Waals surface area contributed by atoms with Gasteiger partial charge in [-0.05, 0) is 60.0 Å². The third kappa shape index (κ3) is 7.02. The number of esters is 1. The van der Waals surface area contributed by atoms with Crippen LogP contribution in [-0.2, 0) is 16.1 Å². The highest BCUT2D eigenvalue weighted by Gasteiger charge is 2.30. The molecule has 2 unspecified atom stereocenters. The molecule has 0 spiro atoms. The van der Waals surface area contributed by atoms with E-state index in [1.54, 1.807) is 23.0 Å². The van der Waals surface area contributed by atoms with Crippen LogP contribution in [0.2, 0.25) is 0 Å². The Kier molecular flexibility index (Phi) is 9.59. The van der Waals surface area contributed by atoms with Crippen LogP contribution >= 0.6 is 0 Å². The Balaban J connectivity index is 1.10. The van der Waals surface area contributed by atoms with Gasteiger partial charge in [-0.3, -0.25) is 9.69 Å². The molecule has 6 rings (SSSR count). The second-order valence-electron chi connectivity index (χ2n) is 11.6. The van der Waals surface area contributed by atoms with E-state index in [0.29, 0.717) is 25.2 Å². The molecule has 10 heteroatoms. The summed E-state index contributed by atoms with van der Waals surface area (Å²) in [5.74, 6) is -0.463. The van der Waals surface area contributed by atoms with E-state index in [9.17, 15) is 14.4 Å². The van der Waals surface area contributed by atoms with Crippen LogP contribution in [0.5, 0.6) is 0 Å². The fourth-order valence-corrected chi connectivity index (χ4v) is 6.02. The molecule has 47 heavy (non-hydrogen) atoms. The van der Waals surface area contributed by atoms with Gasteiger partial charge in [-0.25, -0.2) is 18.8 Å². The number of carbonyl (C=O) groups excluding carboxylic acids is 2. The topological polar surface area (TPSA) is 102 Å². The number of aromatic nitrogens is 3. The molecule has 5 aromatic rings. The van der Waals surface area contributed by atoms with Crippen LogP contribution in [0.25, 0.3) is 5.69 Å². The molecule has 10 nitrogen and oxygen atoms in total. The van der Waals surface area contributed by atoms with E-state index >= 15 is 0 Å². The smallest absolute Gasteiger partial charge is 0.350 e. The average Bonchev–Trinajstić information content (AvgIpc) is 3.52. The van der Waals surface area contributed by atoms with Crippen molar-refractivity contribution in [1.29, 1.82) is 0 Å². The van der Waals surface area contributed by atoms with Crippen molar-refractivity contribution in [1.82, 2.24) is 24.6 Å². The first-order chi connectivity index (χ1) is 22.9. The normalized spacial score (nSPS) is 14.7. The van der Waals surface area contributed by atoms with Crippen LogP contribution in [0.1, 0.15) is 46.1 Å². The summed E-state index contributed by atoms with van der Waals surface area (Å²) < 4.78 is 7.84. The summed E-state index contributed by atoms with van der Waals surface area (Å²) in [6, 6.07) is 34.1. The molecular weight excluding hydrogens is 592 g/mol. The standard InChI is InChI=1S/C37H38N6O4/c1-27(29-9-5-3-6-10-29)43-37(46)42(26-39-43)33-19-17-32(18-20-33)40-21-23-41(24-22-40)34(30-11-7-4-8-12-30)35(44)38-25-28-13-15-31(16-14-28)36(45)47-2/h3-20,26-27,34H,21-25H2,1-2H3,(H,38,44). The van der Waals surface area contributed by atoms with Gasteiger partial charge in [0.2, 0.25) is 5.91 Å². The van der Waals surface area contributed by atoms with Gasteiger partial charge in [0.1, 0.15) is 12.4 Å². The highest BCUT2D eigenvalue weighted by molar-refractivity contribution is 5.89. The number of rotatable bonds is 10. The van der Waals surface area contributed by atoms with Crippen molar-refractivity contribution >= 4 is 17.6 Å². The quantitative estimate of drug-likeness (QED) is 0.225. The average molecular weight is 631 g/mol. The highest BCUT2D eigenvalue weighted by atomic mass is 16.5. The second kappa shape index (κ2) is 14.3. The van der Waals surface area contributed by atoms with Crippen LogP contribution in [0.3, 0.4) is 0 Å². The summed E-state index contributed by atoms with van der Waals surface area (Å²) in [7, 11) is 1.35. The fraction of sp³-hybridized carbons (Fsp3) is 0.243. The van der Waals surface area contributed by atoms with Crippen molar-refractivity contribution in [3.05, 3.63) is 148 Å². The van der Waals surface area contributed by atoms with Gasteiger partial charge < -0.3 is 15.0 Å². The maximum atomic E-state index is 13.6. The van der Waals surface area contributed by atoms with Gasteiger partial charge in [0.25, 0.3) is 0 Å². The minimum absolute atomic E-state index is 0.0707. The molecule has 2 atom stereocenters. The zero-order chi connectivity index (χ0) is 32.8. The Labute approximate surface area is 273 Å². The van der Waals surface area contributed by atoms with E-state index in [1.165, 1.54) is 11.8 Å². The van der Waals surface area contributed by atoms with Crippen molar-refractivity contribution in [2.45, 2.75) is 25.6 Å². The third-order valence-electron chi connectivity index (χ3n) is 8.72. The van der Waals surface area contributed by atoms with Crippen LogP contribution in [-0.4, -0.2) is 64.4 Å². The van der Waals surface area contributed by atoms with Gasteiger partial charge in [-0.2, -0.15) is 5.10 Å². The lowest BCUT2D eigenvalue weighted by Crippen LogP contribution is -2.51. The predicted octanol–water partition coefficient (Wildman–Crippen LogP) is 4.61. The summed E-state index contributed by atoms with van der Waals surface area (Å²) in [5.41, 5.74) is 4.95. The molecule has 0 saturated carbocycles. The highest BCUT2D eigenvalue weighted by Crippen LogP contribution is 2.26. The van der Waals surface area contributed by atoms with Crippen LogP contribution in [0.4, 0.5) is 5.69 Å². The van der Waals surface area contributed by atoms with Crippen molar-refractivity contribution in [2.24, 2.45) is 0 Å². The number of benzene rings is 4. The van der Waals surface area contributed by atoms with E-state index in [-0.39, 0.29) is 17.6 Å². The molecule has 1 saturated heterocycles. The van der Waals surface area contributed by atoms with E-state index < -0.39 is 12.0 Å². The van der Waals surface area contributed by atoms with E-state index in [2.05, 4.69) is 20.2 Å². The molecule has 0 aliphatic carbocycles. The van der Waals surface area contributed by atoms with Gasteiger partial charge in [-0.1, -0.05) is 72.8 Å². The molecule has 240 valence electrons. The first-order valence-corrected chi connectivity index (χ1v) is 15.7. The van der Waals surface area contributed by atoms with E-state index in [4.69, 9.17) is 4.74 Å². The molecule has 1 fully saturated rings. The van der Waals surface area contributed by atoms with Crippen molar-refractivity contribution < 1.29 is 14.3 Å². The number of nitrogens with one attached hydrogen (secondary N) is 1. The number of hydrogen-bond acceptors (Lipinski definition) is 7. The van der Waals surface area contributed by atoms with Gasteiger partial charge >= 0.3 is 11.7 Å². The lowest BCUT2D eigenvalue weighted by atomic mass is 10.0. The molecule has 0 radical (unpaired) electrons. The molecule has 4 aromatic carbocycles. The van der Waals surface area contributed by atoms with Crippen molar-refractivity contribution in [3.8, 4) is 5.69 Å². The number of piperazine rings is 1. The Hall–Kier alpha value is -5.48. The monoisotopic (exact) mass is 630 g/mol. The van der Waals surface area contributed by atoms with Gasteiger partial charge in [0.15, 0.2) is 0 Å². The number of hydrogen-bond donors (Lipinski definition) is 1. The Bertz CT molecular complexity index is 1850. The molecule has 1 aromatic heterocycles. The summed E-state index contributed by atoms with van der Waals surface area (Å²) >= 11 is 0. The van der Waals surface area contributed by atoms with Crippen LogP contribution < -0.4 is 15.9 Å². The number of anilines is 1. The van der Waals surface area contributed by atoms with E-state index in [1.807, 2.05) is 104 Å². The minimum atomic E-state index is -0.434. The number of methoxy groups -OCH3 is 1. The second-order valence-corrected chi connectivity index (χ2v) is 11.6. The van der Waals surface area contributed by atoms with Gasteiger partial charge in [0, 0.05) is 38.4 Å². The lowest BCUT2D eigenvalue weighted by molar-refractivity contribution is -0.127. The molecule has 1 aliphatic rings. The maximum Gasteiger partial charge on any atom is 0.350 e. The van der Waals surface area contributed by atoms with Crippen molar-refractivity contribution in [3.63, 3.8) is 0 Å². The van der Waals surface area contributed by atoms with Crippen LogP contribution in [0, 0.1) is 0 Å². The molecule has 1 amide bonds. The maximum absolute atomic E-state index is 13.6. The SMILES string of the molecule is COC(=O)c1ccc(CNC(=O)C(c2ccccc2)N2CCN(c3ccc(-n4cnn(C(C)c5ccccc5)c4=O)cc3)CC2)cc1. The first-order valence-electron chi connectivity index (χ1n) is 15.7.